The maximum absolute atomic E-state index is 10.5. The Kier molecular flexibility index (Phi) is 5.49. The first-order valence-electron chi connectivity index (χ1n) is 10.0. The highest BCUT2D eigenvalue weighted by atomic mass is 35.5. The summed E-state index contributed by atoms with van der Waals surface area (Å²) < 4.78 is 1.74. The van der Waals surface area contributed by atoms with Crippen LogP contribution in [0.3, 0.4) is 0 Å². The van der Waals surface area contributed by atoms with Gasteiger partial charge in [-0.05, 0) is 37.2 Å². The molecule has 0 unspecified atom stereocenters. The van der Waals surface area contributed by atoms with Gasteiger partial charge in [0.25, 0.3) is 0 Å². The molecular weight excluding hydrogens is 400 g/mol. The maximum atomic E-state index is 10.5. The number of hydrogen-bond donors (Lipinski definition) is 2. The van der Waals surface area contributed by atoms with Crippen molar-refractivity contribution in [1.29, 1.82) is 0 Å². The molecule has 8 heteroatoms. The Hall–Kier alpha value is -2.90. The molecule has 2 N–H and O–H groups in total. The molecule has 1 aliphatic heterocycles. The van der Waals surface area contributed by atoms with Gasteiger partial charge in [0.15, 0.2) is 5.65 Å². The molecule has 0 radical (unpaired) electrons. The van der Waals surface area contributed by atoms with Crippen LogP contribution in [0.15, 0.2) is 42.7 Å². The third-order valence-electron chi connectivity index (χ3n) is 5.59. The lowest BCUT2D eigenvalue weighted by Gasteiger charge is -2.19. The number of fused-ring (bicyclic) bond motifs is 2. The van der Waals surface area contributed by atoms with Crippen molar-refractivity contribution in [3.8, 4) is 17.0 Å². The lowest BCUT2D eigenvalue weighted by Crippen LogP contribution is -2.32. The van der Waals surface area contributed by atoms with Crippen LogP contribution >= 0.6 is 12.4 Å². The Balaban J connectivity index is 0.00000218. The van der Waals surface area contributed by atoms with Crippen LogP contribution in [0.4, 0.5) is 5.69 Å². The number of hydrogen-bond acceptors (Lipinski definition) is 6. The third kappa shape index (κ3) is 3.66. The van der Waals surface area contributed by atoms with Gasteiger partial charge in [-0.3, -0.25) is 4.68 Å². The molecule has 30 heavy (non-hydrogen) atoms. The summed E-state index contributed by atoms with van der Waals surface area (Å²) in [6.07, 6.45) is 4.98. The molecule has 3 aromatic heterocycles. The van der Waals surface area contributed by atoms with Crippen LogP contribution in [-0.2, 0) is 7.05 Å². The van der Waals surface area contributed by atoms with E-state index in [0.29, 0.717) is 22.9 Å². The van der Waals surface area contributed by atoms with E-state index in [-0.39, 0.29) is 18.2 Å². The SMILES string of the molecule is CCN[C@H]1CCN(c2cnc3nc(-c4cc5cn(C)nc5cc4O)ccc3c2)C1.Cl. The normalized spacial score (nSPS) is 16.3. The lowest BCUT2D eigenvalue weighted by molar-refractivity contribution is 0.478. The molecule has 1 fully saturated rings. The Labute approximate surface area is 181 Å². The Morgan fingerprint density at radius 3 is 2.90 bits per heavy atom. The summed E-state index contributed by atoms with van der Waals surface area (Å²) in [5, 5.41) is 20.3. The topological polar surface area (TPSA) is 79.1 Å². The molecule has 4 aromatic rings. The second-order valence-corrected chi connectivity index (χ2v) is 7.66. The number of rotatable bonds is 4. The van der Waals surface area contributed by atoms with Crippen LogP contribution in [0, 0.1) is 0 Å². The van der Waals surface area contributed by atoms with Gasteiger partial charge in [0.2, 0.25) is 0 Å². The summed E-state index contributed by atoms with van der Waals surface area (Å²) in [4.78, 5) is 11.7. The number of aromatic hydroxyl groups is 1. The number of nitrogens with zero attached hydrogens (tertiary/aromatic N) is 5. The summed E-state index contributed by atoms with van der Waals surface area (Å²) in [6, 6.07) is 10.3. The number of anilines is 1. The fraction of sp³-hybridized carbons (Fsp3) is 0.318. The van der Waals surface area contributed by atoms with Gasteiger partial charge in [0.05, 0.1) is 23.1 Å². The minimum Gasteiger partial charge on any atom is -0.507 e. The molecule has 156 valence electrons. The van der Waals surface area contributed by atoms with Gasteiger partial charge in [-0.15, -0.1) is 12.4 Å². The van der Waals surface area contributed by atoms with Gasteiger partial charge in [-0.2, -0.15) is 5.10 Å². The molecule has 0 saturated carbocycles. The zero-order chi connectivity index (χ0) is 20.0. The van der Waals surface area contributed by atoms with Crippen LogP contribution in [0.1, 0.15) is 13.3 Å². The largest absolute Gasteiger partial charge is 0.507 e. The lowest BCUT2D eigenvalue weighted by atomic mass is 10.1. The number of nitrogens with one attached hydrogen (secondary N) is 1. The molecule has 7 nitrogen and oxygen atoms in total. The van der Waals surface area contributed by atoms with Crippen molar-refractivity contribution >= 4 is 40.0 Å². The molecular formula is C22H25ClN6O. The smallest absolute Gasteiger partial charge is 0.159 e. The van der Waals surface area contributed by atoms with E-state index in [4.69, 9.17) is 4.98 Å². The third-order valence-corrected chi connectivity index (χ3v) is 5.59. The van der Waals surface area contributed by atoms with E-state index in [0.717, 1.165) is 48.0 Å². The van der Waals surface area contributed by atoms with Gasteiger partial charge in [-0.25, -0.2) is 9.97 Å². The summed E-state index contributed by atoms with van der Waals surface area (Å²) in [6.45, 7) is 5.19. The fourth-order valence-electron chi connectivity index (χ4n) is 4.16. The summed E-state index contributed by atoms with van der Waals surface area (Å²) >= 11 is 0. The van der Waals surface area contributed by atoms with Crippen molar-refractivity contribution in [3.05, 3.63) is 42.7 Å². The Morgan fingerprint density at radius 1 is 1.20 bits per heavy atom. The monoisotopic (exact) mass is 424 g/mol. The summed E-state index contributed by atoms with van der Waals surface area (Å²) in [5.41, 5.74) is 3.96. The number of pyridine rings is 2. The number of phenolic OH excluding ortho intramolecular Hbond substituents is 1. The van der Waals surface area contributed by atoms with Gasteiger partial charge in [-0.1, -0.05) is 6.92 Å². The number of benzene rings is 1. The van der Waals surface area contributed by atoms with Crippen LogP contribution in [0.25, 0.3) is 33.2 Å². The number of aromatic nitrogens is 4. The van der Waals surface area contributed by atoms with E-state index < -0.39 is 0 Å². The standard InChI is InChI=1S/C22H24N6O.ClH/c1-3-23-16-6-7-28(13-16)17-8-14-4-5-19(25-22(14)24-11-17)18-9-15-12-27(2)26-20(15)10-21(18)29;/h4-5,8-12,16,23,29H,3,6-7,13H2,1-2H3;1H/t16-;/m0./s1. The van der Waals surface area contributed by atoms with Gasteiger partial charge in [0.1, 0.15) is 5.75 Å². The van der Waals surface area contributed by atoms with Gasteiger partial charge >= 0.3 is 0 Å². The average molecular weight is 425 g/mol. The second kappa shape index (κ2) is 8.08. The van der Waals surface area contributed by atoms with Crippen LogP contribution in [0.2, 0.25) is 0 Å². The van der Waals surface area contributed by atoms with Crippen LogP contribution in [0.5, 0.6) is 5.75 Å². The van der Waals surface area contributed by atoms with Gasteiger partial charge in [0, 0.05) is 54.8 Å². The highest BCUT2D eigenvalue weighted by molar-refractivity contribution is 5.89. The summed E-state index contributed by atoms with van der Waals surface area (Å²) in [5.74, 6) is 0.172. The average Bonchev–Trinajstić information content (AvgIpc) is 3.32. The van der Waals surface area contributed by atoms with Gasteiger partial charge < -0.3 is 15.3 Å². The Morgan fingerprint density at radius 2 is 2.07 bits per heavy atom. The number of phenols is 1. The molecule has 0 aliphatic carbocycles. The van der Waals surface area contributed by atoms with Crippen molar-refractivity contribution < 1.29 is 5.11 Å². The van der Waals surface area contributed by atoms with E-state index in [2.05, 4.69) is 33.3 Å². The highest BCUT2D eigenvalue weighted by Gasteiger charge is 2.22. The first kappa shape index (κ1) is 20.4. The van der Waals surface area contributed by atoms with Crippen molar-refractivity contribution in [3.63, 3.8) is 0 Å². The van der Waals surface area contributed by atoms with Crippen molar-refractivity contribution in [1.82, 2.24) is 25.1 Å². The minimum absolute atomic E-state index is 0. The van der Waals surface area contributed by atoms with Crippen molar-refractivity contribution in [2.24, 2.45) is 7.05 Å². The molecule has 1 atom stereocenters. The highest BCUT2D eigenvalue weighted by Crippen LogP contribution is 2.33. The second-order valence-electron chi connectivity index (χ2n) is 7.66. The molecule has 1 aromatic carbocycles. The van der Waals surface area contributed by atoms with Crippen LogP contribution in [-0.4, -0.2) is 50.5 Å². The quantitative estimate of drug-likeness (QED) is 0.522. The summed E-state index contributed by atoms with van der Waals surface area (Å²) in [7, 11) is 1.87. The molecule has 0 bridgehead atoms. The van der Waals surface area contributed by atoms with E-state index in [1.165, 1.54) is 0 Å². The van der Waals surface area contributed by atoms with E-state index in [1.54, 1.807) is 10.7 Å². The Bertz CT molecular complexity index is 1210. The molecule has 1 aliphatic rings. The first-order valence-corrected chi connectivity index (χ1v) is 10.0. The van der Waals surface area contributed by atoms with E-state index >= 15 is 0 Å². The molecule has 5 rings (SSSR count). The zero-order valence-electron chi connectivity index (χ0n) is 17.0. The predicted octanol–water partition coefficient (Wildman–Crippen LogP) is 3.50. The fourth-order valence-corrected chi connectivity index (χ4v) is 4.16. The molecule has 0 amide bonds. The van der Waals surface area contributed by atoms with E-state index in [1.807, 2.05) is 37.6 Å². The maximum Gasteiger partial charge on any atom is 0.159 e. The van der Waals surface area contributed by atoms with E-state index in [9.17, 15) is 5.11 Å². The minimum atomic E-state index is 0. The molecule has 4 heterocycles. The molecule has 0 spiro atoms. The van der Waals surface area contributed by atoms with Crippen molar-refractivity contribution in [2.45, 2.75) is 19.4 Å². The van der Waals surface area contributed by atoms with Crippen molar-refractivity contribution in [2.75, 3.05) is 24.5 Å². The zero-order valence-corrected chi connectivity index (χ0v) is 17.9. The number of likely N-dealkylation sites (N-methyl/N-ethyl adjacent to an activating group) is 1. The number of aryl methyl sites for hydroxylation is 1. The first-order chi connectivity index (χ1) is 14.1. The van der Waals surface area contributed by atoms with Crippen LogP contribution < -0.4 is 10.2 Å². The molecule has 1 saturated heterocycles. The number of halogens is 1. The predicted molar refractivity (Wildman–Crippen MR) is 122 cm³/mol.